The van der Waals surface area contributed by atoms with Gasteiger partial charge in [-0.25, -0.2) is 9.59 Å². The summed E-state index contributed by atoms with van der Waals surface area (Å²) < 4.78 is 4.88. The van der Waals surface area contributed by atoms with Crippen molar-refractivity contribution in [1.82, 2.24) is 4.90 Å². The molecular formula is C7H11NO5. The number of likely N-dealkylation sites (tertiary alicyclic amines) is 1. The van der Waals surface area contributed by atoms with Crippen LogP contribution in [0.25, 0.3) is 0 Å². The minimum absolute atomic E-state index is 0.213. The molecule has 0 aromatic rings. The lowest BCUT2D eigenvalue weighted by molar-refractivity contribution is -0.145. The number of hydrogen-bond acceptors (Lipinski definition) is 3. The van der Waals surface area contributed by atoms with Crippen LogP contribution in [-0.2, 0) is 9.53 Å². The number of carboxylic acids is 1. The first kappa shape index (κ1) is 9.79. The van der Waals surface area contributed by atoms with Crippen LogP contribution in [0.1, 0.15) is 6.42 Å². The first-order chi connectivity index (χ1) is 6.07. The number of aliphatic carboxylic acids is 1. The zero-order chi connectivity index (χ0) is 10.0. The highest BCUT2D eigenvalue weighted by molar-refractivity contribution is 5.80. The SMILES string of the molecule is COC1CCN(C(=O)O)[C@@H]1C(=O)O. The van der Waals surface area contributed by atoms with Crippen LogP contribution in [0.5, 0.6) is 0 Å². The van der Waals surface area contributed by atoms with Gasteiger partial charge in [0.15, 0.2) is 6.04 Å². The number of methoxy groups -OCH3 is 1. The van der Waals surface area contributed by atoms with Gasteiger partial charge in [0.05, 0.1) is 6.10 Å². The lowest BCUT2D eigenvalue weighted by Crippen LogP contribution is -2.44. The Bertz CT molecular complexity index is 229. The van der Waals surface area contributed by atoms with Gasteiger partial charge in [0.25, 0.3) is 0 Å². The Morgan fingerprint density at radius 2 is 2.08 bits per heavy atom. The highest BCUT2D eigenvalue weighted by Crippen LogP contribution is 2.20. The van der Waals surface area contributed by atoms with Gasteiger partial charge in [-0.1, -0.05) is 0 Å². The first-order valence-corrected chi connectivity index (χ1v) is 3.83. The van der Waals surface area contributed by atoms with Gasteiger partial charge in [0.2, 0.25) is 0 Å². The number of rotatable bonds is 2. The monoisotopic (exact) mass is 189 g/mol. The molecule has 2 atom stereocenters. The predicted octanol–water partition coefficient (Wildman–Crippen LogP) is -0.162. The Balaban J connectivity index is 2.78. The molecule has 1 fully saturated rings. The number of hydrogen-bond donors (Lipinski definition) is 2. The summed E-state index contributed by atoms with van der Waals surface area (Å²) in [4.78, 5) is 22.2. The lowest BCUT2D eigenvalue weighted by Gasteiger charge is -2.20. The second-order valence-electron chi connectivity index (χ2n) is 2.82. The van der Waals surface area contributed by atoms with E-state index in [1.54, 1.807) is 0 Å². The molecule has 0 aromatic carbocycles. The molecule has 6 heteroatoms. The van der Waals surface area contributed by atoms with Crippen molar-refractivity contribution >= 4 is 12.1 Å². The summed E-state index contributed by atoms with van der Waals surface area (Å²) in [5.74, 6) is -1.16. The Hall–Kier alpha value is -1.30. The van der Waals surface area contributed by atoms with Crippen LogP contribution < -0.4 is 0 Å². The highest BCUT2D eigenvalue weighted by Gasteiger charge is 2.42. The molecule has 0 aliphatic carbocycles. The third-order valence-corrected chi connectivity index (χ3v) is 2.14. The summed E-state index contributed by atoms with van der Waals surface area (Å²) >= 11 is 0. The fourth-order valence-electron chi connectivity index (χ4n) is 1.52. The van der Waals surface area contributed by atoms with Crippen LogP contribution in [0.3, 0.4) is 0 Å². The van der Waals surface area contributed by atoms with Crippen molar-refractivity contribution in [3.05, 3.63) is 0 Å². The van der Waals surface area contributed by atoms with E-state index in [0.717, 1.165) is 4.90 Å². The van der Waals surface area contributed by atoms with Gasteiger partial charge in [0, 0.05) is 13.7 Å². The molecule has 1 amide bonds. The molecule has 1 aliphatic heterocycles. The van der Waals surface area contributed by atoms with E-state index in [1.807, 2.05) is 0 Å². The third kappa shape index (κ3) is 1.72. The maximum absolute atomic E-state index is 10.7. The van der Waals surface area contributed by atoms with Gasteiger partial charge in [0.1, 0.15) is 0 Å². The summed E-state index contributed by atoms with van der Waals surface area (Å²) in [5.41, 5.74) is 0. The Labute approximate surface area is 74.7 Å². The van der Waals surface area contributed by atoms with E-state index >= 15 is 0 Å². The van der Waals surface area contributed by atoms with E-state index in [0.29, 0.717) is 6.42 Å². The Morgan fingerprint density at radius 1 is 1.46 bits per heavy atom. The van der Waals surface area contributed by atoms with Crippen LogP contribution in [0, 0.1) is 0 Å². The zero-order valence-corrected chi connectivity index (χ0v) is 7.14. The maximum Gasteiger partial charge on any atom is 0.408 e. The van der Waals surface area contributed by atoms with Crippen LogP contribution in [-0.4, -0.2) is 53.0 Å². The van der Waals surface area contributed by atoms with Crippen LogP contribution in [0.4, 0.5) is 4.79 Å². The maximum atomic E-state index is 10.7. The first-order valence-electron chi connectivity index (χ1n) is 3.83. The third-order valence-electron chi connectivity index (χ3n) is 2.14. The molecule has 74 valence electrons. The smallest absolute Gasteiger partial charge is 0.408 e. The second kappa shape index (κ2) is 3.61. The van der Waals surface area contributed by atoms with Gasteiger partial charge < -0.3 is 14.9 Å². The largest absolute Gasteiger partial charge is 0.480 e. The van der Waals surface area contributed by atoms with E-state index in [2.05, 4.69) is 0 Å². The topological polar surface area (TPSA) is 87.1 Å². The Morgan fingerprint density at radius 3 is 2.46 bits per heavy atom. The van der Waals surface area contributed by atoms with Crippen molar-refractivity contribution in [2.75, 3.05) is 13.7 Å². The molecule has 0 spiro atoms. The molecule has 1 saturated heterocycles. The molecule has 0 radical (unpaired) electrons. The summed E-state index contributed by atoms with van der Waals surface area (Å²) in [6.45, 7) is 0.213. The number of carbonyl (C=O) groups is 2. The average molecular weight is 189 g/mol. The van der Waals surface area contributed by atoms with Crippen molar-refractivity contribution in [1.29, 1.82) is 0 Å². The van der Waals surface area contributed by atoms with E-state index in [-0.39, 0.29) is 6.54 Å². The van der Waals surface area contributed by atoms with Crippen LogP contribution >= 0.6 is 0 Å². The zero-order valence-electron chi connectivity index (χ0n) is 7.14. The molecule has 0 bridgehead atoms. The molecule has 1 unspecified atom stereocenters. The van der Waals surface area contributed by atoms with Crippen LogP contribution in [0.15, 0.2) is 0 Å². The quantitative estimate of drug-likeness (QED) is 0.630. The van der Waals surface area contributed by atoms with E-state index in [4.69, 9.17) is 14.9 Å². The molecule has 0 saturated carbocycles. The van der Waals surface area contributed by atoms with Gasteiger partial charge in [-0.15, -0.1) is 0 Å². The highest BCUT2D eigenvalue weighted by atomic mass is 16.5. The summed E-state index contributed by atoms with van der Waals surface area (Å²) in [6, 6.07) is -1.07. The summed E-state index contributed by atoms with van der Waals surface area (Å²) in [5, 5.41) is 17.4. The van der Waals surface area contributed by atoms with Crippen molar-refractivity contribution in [3.63, 3.8) is 0 Å². The molecule has 1 aliphatic rings. The van der Waals surface area contributed by atoms with Gasteiger partial charge >= 0.3 is 12.1 Å². The van der Waals surface area contributed by atoms with Gasteiger partial charge in [-0.2, -0.15) is 0 Å². The minimum atomic E-state index is -1.22. The van der Waals surface area contributed by atoms with Crippen molar-refractivity contribution in [3.8, 4) is 0 Å². The normalized spacial score (nSPS) is 27.6. The number of nitrogens with zero attached hydrogens (tertiary/aromatic N) is 1. The fourth-order valence-corrected chi connectivity index (χ4v) is 1.52. The van der Waals surface area contributed by atoms with E-state index < -0.39 is 24.2 Å². The predicted molar refractivity (Wildman–Crippen MR) is 41.6 cm³/mol. The number of carboxylic acid groups (broad SMARTS) is 2. The van der Waals surface area contributed by atoms with E-state index in [1.165, 1.54) is 7.11 Å². The van der Waals surface area contributed by atoms with E-state index in [9.17, 15) is 9.59 Å². The molecule has 2 N–H and O–H groups in total. The molecule has 0 aromatic heterocycles. The van der Waals surface area contributed by atoms with Crippen molar-refractivity contribution in [2.24, 2.45) is 0 Å². The molecular weight excluding hydrogens is 178 g/mol. The van der Waals surface area contributed by atoms with Gasteiger partial charge in [-0.3, -0.25) is 4.90 Å². The summed E-state index contributed by atoms with van der Waals surface area (Å²) in [7, 11) is 1.38. The number of ether oxygens (including phenoxy) is 1. The standard InChI is InChI=1S/C7H11NO5/c1-13-4-2-3-8(7(11)12)5(4)6(9)10/h4-5H,2-3H2,1H3,(H,9,10)(H,11,12)/t4?,5-/m0/s1. The summed E-state index contributed by atoms with van der Waals surface area (Å²) in [6.07, 6.45) is -1.32. The van der Waals surface area contributed by atoms with Gasteiger partial charge in [-0.05, 0) is 6.42 Å². The van der Waals surface area contributed by atoms with Crippen molar-refractivity contribution in [2.45, 2.75) is 18.6 Å². The molecule has 1 rings (SSSR count). The van der Waals surface area contributed by atoms with Crippen molar-refractivity contribution < 1.29 is 24.5 Å². The molecule has 6 nitrogen and oxygen atoms in total. The molecule has 1 heterocycles. The average Bonchev–Trinajstić information content (AvgIpc) is 2.46. The molecule has 13 heavy (non-hydrogen) atoms. The minimum Gasteiger partial charge on any atom is -0.480 e. The van der Waals surface area contributed by atoms with Crippen LogP contribution in [0.2, 0.25) is 0 Å². The lowest BCUT2D eigenvalue weighted by atomic mass is 10.2. The Kier molecular flexibility index (Phi) is 2.72. The fraction of sp³-hybridized carbons (Fsp3) is 0.714. The second-order valence-corrected chi connectivity index (χ2v) is 2.82. The number of amides is 1.